The van der Waals surface area contributed by atoms with Crippen molar-refractivity contribution in [3.63, 3.8) is 0 Å². The molecule has 0 saturated heterocycles. The van der Waals surface area contributed by atoms with Crippen molar-refractivity contribution in [3.05, 3.63) is 35.9 Å². The molecule has 0 fully saturated rings. The Morgan fingerprint density at radius 2 is 1.65 bits per heavy atom. The fourth-order valence-corrected chi connectivity index (χ4v) is 3.11. The minimum absolute atomic E-state index is 0.138. The van der Waals surface area contributed by atoms with E-state index in [-0.39, 0.29) is 31.0 Å². The van der Waals surface area contributed by atoms with E-state index in [2.05, 4.69) is 22.9 Å². The molecule has 0 radical (unpaired) electrons. The van der Waals surface area contributed by atoms with E-state index in [9.17, 15) is 24.3 Å². The van der Waals surface area contributed by atoms with Gasteiger partial charge in [0.2, 0.25) is 11.8 Å². The summed E-state index contributed by atoms with van der Waals surface area (Å²) in [6.07, 6.45) is 3.27. The number of carboxylic acid groups (broad SMARTS) is 1. The molecule has 1 aromatic rings. The average molecular weight is 450 g/mol. The van der Waals surface area contributed by atoms with E-state index < -0.39 is 24.0 Å². The number of benzene rings is 1. The van der Waals surface area contributed by atoms with Gasteiger partial charge in [-0.3, -0.25) is 14.4 Å². The number of nitrogens with one attached hydrogen (secondary N) is 2. The number of nitrogens with two attached hydrogens (primary N) is 1. The molecule has 31 heavy (non-hydrogen) atoms. The lowest BCUT2D eigenvalue weighted by Crippen LogP contribution is -2.52. The van der Waals surface area contributed by atoms with Crippen LogP contribution < -0.4 is 16.4 Å². The lowest BCUT2D eigenvalue weighted by molar-refractivity contribution is -0.142. The lowest BCUT2D eigenvalue weighted by Gasteiger charge is -2.21. The standard InChI is InChI=1S/C22H31N3O5S/c23-13-7-6-11-18(24-20(27)12-5-4-10-17(26)15-31)21(28)25-19(22(29)30)14-16-8-2-1-3-9-16/h1-3,8-9,15,18-19H,4-7,10-14,23H2,(H,24,27)(H,25,28)(H,29,30)/t18-,19-/m0/s1. The van der Waals surface area contributed by atoms with E-state index >= 15 is 0 Å². The van der Waals surface area contributed by atoms with E-state index in [0.717, 1.165) is 10.9 Å². The number of carboxylic acids is 1. The number of carbonyl (C=O) groups excluding carboxylic acids is 3. The summed E-state index contributed by atoms with van der Waals surface area (Å²) in [7, 11) is 0. The van der Waals surface area contributed by atoms with Crippen molar-refractivity contribution in [1.29, 1.82) is 0 Å². The quantitative estimate of drug-likeness (QED) is 0.222. The Bertz CT molecular complexity index is 742. The number of aliphatic carboxylic acids is 1. The molecule has 0 aliphatic rings. The second kappa shape index (κ2) is 15.2. The van der Waals surface area contributed by atoms with Crippen LogP contribution in [0.1, 0.15) is 50.5 Å². The summed E-state index contributed by atoms with van der Waals surface area (Å²) >= 11 is 4.56. The van der Waals surface area contributed by atoms with Gasteiger partial charge in [-0.2, -0.15) is 0 Å². The Morgan fingerprint density at radius 1 is 0.968 bits per heavy atom. The van der Waals surface area contributed by atoms with Crippen molar-refractivity contribution in [2.75, 3.05) is 6.54 Å². The van der Waals surface area contributed by atoms with Crippen molar-refractivity contribution in [2.45, 2.75) is 63.5 Å². The molecule has 9 heteroatoms. The first kappa shape index (κ1) is 26.4. The second-order valence-corrected chi connectivity index (χ2v) is 7.52. The highest BCUT2D eigenvalue weighted by Crippen LogP contribution is 2.07. The van der Waals surface area contributed by atoms with Gasteiger partial charge in [0.1, 0.15) is 12.1 Å². The van der Waals surface area contributed by atoms with Crippen LogP contribution in [0, 0.1) is 0 Å². The molecule has 2 amide bonds. The van der Waals surface area contributed by atoms with Crippen LogP contribution >= 0.6 is 12.2 Å². The van der Waals surface area contributed by atoms with Gasteiger partial charge in [-0.1, -0.05) is 42.5 Å². The Morgan fingerprint density at radius 3 is 2.26 bits per heavy atom. The van der Waals surface area contributed by atoms with Crippen molar-refractivity contribution < 1.29 is 24.3 Å². The van der Waals surface area contributed by atoms with Gasteiger partial charge in [0.25, 0.3) is 0 Å². The molecule has 170 valence electrons. The number of thiocarbonyl (C=S) groups is 1. The molecule has 0 saturated carbocycles. The molecule has 5 N–H and O–H groups in total. The highest BCUT2D eigenvalue weighted by Gasteiger charge is 2.26. The first-order valence-corrected chi connectivity index (χ1v) is 10.9. The van der Waals surface area contributed by atoms with Gasteiger partial charge in [0, 0.05) is 24.6 Å². The average Bonchev–Trinajstić information content (AvgIpc) is 2.76. The van der Waals surface area contributed by atoms with Crippen LogP contribution in [-0.2, 0) is 25.6 Å². The molecule has 0 aliphatic heterocycles. The Hall–Kier alpha value is -2.65. The molecule has 8 nitrogen and oxygen atoms in total. The van der Waals surface area contributed by atoms with Crippen molar-refractivity contribution in [3.8, 4) is 0 Å². The highest BCUT2D eigenvalue weighted by atomic mass is 32.1. The molecule has 0 bridgehead atoms. The molecule has 0 spiro atoms. The van der Waals surface area contributed by atoms with Gasteiger partial charge in [-0.05, 0) is 44.2 Å². The maximum absolute atomic E-state index is 12.8. The molecule has 0 aromatic heterocycles. The van der Waals surface area contributed by atoms with E-state index in [0.29, 0.717) is 38.6 Å². The normalized spacial score (nSPS) is 12.4. The maximum atomic E-state index is 12.8. The van der Waals surface area contributed by atoms with Crippen LogP contribution in [0.25, 0.3) is 0 Å². The number of unbranched alkanes of at least 4 members (excludes halogenated alkanes) is 2. The molecule has 1 rings (SSSR count). The topological polar surface area (TPSA) is 139 Å². The van der Waals surface area contributed by atoms with Gasteiger partial charge in [0.05, 0.1) is 0 Å². The largest absolute Gasteiger partial charge is 0.480 e. The molecule has 2 atom stereocenters. The summed E-state index contributed by atoms with van der Waals surface area (Å²) in [6, 6.07) is 7.04. The number of carbonyl (C=O) groups is 4. The van der Waals surface area contributed by atoms with E-state index in [4.69, 9.17) is 5.73 Å². The van der Waals surface area contributed by atoms with Gasteiger partial charge in [0.15, 0.2) is 5.78 Å². The third-order valence-electron chi connectivity index (χ3n) is 4.70. The first-order chi connectivity index (χ1) is 14.9. The number of hydrogen-bond donors (Lipinski definition) is 4. The first-order valence-electron chi connectivity index (χ1n) is 10.4. The summed E-state index contributed by atoms with van der Waals surface area (Å²) in [5.74, 6) is -2.15. The Balaban J connectivity index is 2.67. The lowest BCUT2D eigenvalue weighted by atomic mass is 10.0. The Kier molecular flexibility index (Phi) is 12.9. The van der Waals surface area contributed by atoms with Crippen LogP contribution in [0.5, 0.6) is 0 Å². The fourth-order valence-electron chi connectivity index (χ4n) is 2.99. The summed E-state index contributed by atoms with van der Waals surface area (Å²) < 4.78 is 0. The number of Topliss-reactive ketones (excluding diaryl/α,β-unsaturated/α-hetero) is 1. The van der Waals surface area contributed by atoms with Crippen LogP contribution in [0.2, 0.25) is 0 Å². The predicted octanol–water partition coefficient (Wildman–Crippen LogP) is 1.54. The summed E-state index contributed by atoms with van der Waals surface area (Å²) in [6.45, 7) is 0.460. The Labute approximate surface area is 188 Å². The molecule has 0 unspecified atom stereocenters. The van der Waals surface area contributed by atoms with E-state index in [1.165, 1.54) is 0 Å². The number of rotatable bonds is 16. The van der Waals surface area contributed by atoms with Gasteiger partial charge in [-0.15, -0.1) is 0 Å². The van der Waals surface area contributed by atoms with Crippen LogP contribution in [0.4, 0.5) is 0 Å². The van der Waals surface area contributed by atoms with Gasteiger partial charge >= 0.3 is 5.97 Å². The van der Waals surface area contributed by atoms with Gasteiger partial charge < -0.3 is 21.5 Å². The van der Waals surface area contributed by atoms with E-state index in [1.54, 1.807) is 24.3 Å². The van der Waals surface area contributed by atoms with Crippen LogP contribution in [0.3, 0.4) is 0 Å². The van der Waals surface area contributed by atoms with Gasteiger partial charge in [-0.25, -0.2) is 4.79 Å². The summed E-state index contributed by atoms with van der Waals surface area (Å²) in [4.78, 5) is 47.9. The zero-order valence-electron chi connectivity index (χ0n) is 17.5. The van der Waals surface area contributed by atoms with Crippen LogP contribution in [0.15, 0.2) is 30.3 Å². The molecular weight excluding hydrogens is 418 g/mol. The molecule has 0 aliphatic carbocycles. The maximum Gasteiger partial charge on any atom is 0.326 e. The summed E-state index contributed by atoms with van der Waals surface area (Å²) in [5.41, 5.74) is 6.29. The third-order valence-corrected chi connectivity index (χ3v) is 4.97. The second-order valence-electron chi connectivity index (χ2n) is 7.28. The highest BCUT2D eigenvalue weighted by molar-refractivity contribution is 7.80. The SMILES string of the molecule is NCCCC[C@H](NC(=O)CCCCC(=O)C=S)C(=O)N[C@@H](Cc1ccccc1)C(=O)O. The third kappa shape index (κ3) is 11.4. The minimum Gasteiger partial charge on any atom is -0.480 e. The van der Waals surface area contributed by atoms with Crippen molar-refractivity contribution in [1.82, 2.24) is 10.6 Å². The van der Waals surface area contributed by atoms with Crippen LogP contribution in [-0.4, -0.2) is 52.7 Å². The smallest absolute Gasteiger partial charge is 0.326 e. The zero-order chi connectivity index (χ0) is 23.1. The molecule has 1 aromatic carbocycles. The predicted molar refractivity (Wildman–Crippen MR) is 122 cm³/mol. The van der Waals surface area contributed by atoms with Crippen molar-refractivity contribution >= 4 is 41.2 Å². The number of ketones is 1. The zero-order valence-corrected chi connectivity index (χ0v) is 18.4. The van der Waals surface area contributed by atoms with E-state index in [1.807, 2.05) is 6.07 Å². The van der Waals surface area contributed by atoms with Crippen molar-refractivity contribution in [2.24, 2.45) is 5.73 Å². The molecule has 0 heterocycles. The minimum atomic E-state index is -1.15. The number of amides is 2. The summed E-state index contributed by atoms with van der Waals surface area (Å²) in [5, 5.41) is 15.8. The molecular formula is C22H31N3O5S. The fraction of sp³-hybridized carbons (Fsp3) is 0.500. The monoisotopic (exact) mass is 449 g/mol. The number of hydrogen-bond acceptors (Lipinski definition) is 6.